The molecule has 0 bridgehead atoms. The third-order valence-electron chi connectivity index (χ3n) is 12.6. The predicted molar refractivity (Wildman–Crippen MR) is 243 cm³/mol. The van der Waals surface area contributed by atoms with Crippen molar-refractivity contribution in [2.45, 2.75) is 19.3 Å². The van der Waals surface area contributed by atoms with Crippen LogP contribution in [-0.2, 0) is 5.41 Å². The molecule has 0 saturated carbocycles. The summed E-state index contributed by atoms with van der Waals surface area (Å²) in [7, 11) is 0. The first-order valence-corrected chi connectivity index (χ1v) is 20.4. The number of hydrogen-bond acceptors (Lipinski definition) is 1. The van der Waals surface area contributed by atoms with Crippen LogP contribution in [0.3, 0.4) is 0 Å². The molecule has 0 atom stereocenters. The molecule has 11 aromatic rings. The van der Waals surface area contributed by atoms with Crippen molar-refractivity contribution < 1.29 is 0 Å². The van der Waals surface area contributed by atoms with E-state index >= 15 is 0 Å². The van der Waals surface area contributed by atoms with Crippen molar-refractivity contribution in [3.05, 3.63) is 193 Å². The van der Waals surface area contributed by atoms with Gasteiger partial charge in [0, 0.05) is 25.6 Å². The highest BCUT2D eigenvalue weighted by atomic mass is 32.1. The molecule has 0 unspecified atom stereocenters. The van der Waals surface area contributed by atoms with Crippen molar-refractivity contribution in [3.63, 3.8) is 0 Å². The van der Waals surface area contributed by atoms with E-state index in [4.69, 9.17) is 0 Å². The highest BCUT2D eigenvalue weighted by molar-refractivity contribution is 7.25. The Morgan fingerprint density at radius 1 is 0.321 bits per heavy atom. The molecule has 1 aliphatic carbocycles. The second kappa shape index (κ2) is 11.7. The van der Waals surface area contributed by atoms with Gasteiger partial charge in [-0.15, -0.1) is 11.3 Å². The number of benzene rings is 10. The molecular weight excluding hydrogens is 693 g/mol. The Morgan fingerprint density at radius 2 is 0.857 bits per heavy atom. The topological polar surface area (TPSA) is 0 Å². The van der Waals surface area contributed by atoms with E-state index in [0.717, 1.165) is 0 Å². The zero-order valence-corrected chi connectivity index (χ0v) is 32.0. The van der Waals surface area contributed by atoms with E-state index < -0.39 is 0 Å². The van der Waals surface area contributed by atoms with Crippen LogP contribution in [0, 0.1) is 0 Å². The molecule has 10 aromatic carbocycles. The molecule has 1 heterocycles. The molecular formula is C55H36S. The Kier molecular flexibility index (Phi) is 6.66. The van der Waals surface area contributed by atoms with E-state index in [2.05, 4.69) is 196 Å². The molecule has 0 fully saturated rings. The summed E-state index contributed by atoms with van der Waals surface area (Å²) in [6.45, 7) is 4.78. The molecule has 0 N–H and O–H groups in total. The Balaban J connectivity index is 1.03. The largest absolute Gasteiger partial charge is 0.135 e. The zero-order chi connectivity index (χ0) is 37.1. The van der Waals surface area contributed by atoms with Crippen molar-refractivity contribution in [2.24, 2.45) is 0 Å². The summed E-state index contributed by atoms with van der Waals surface area (Å²) in [6.07, 6.45) is 0. The van der Waals surface area contributed by atoms with Crippen molar-refractivity contribution in [1.29, 1.82) is 0 Å². The lowest BCUT2D eigenvalue weighted by molar-refractivity contribution is 0.662. The van der Waals surface area contributed by atoms with E-state index in [9.17, 15) is 0 Å². The highest BCUT2D eigenvalue weighted by Gasteiger charge is 2.37. The van der Waals surface area contributed by atoms with Gasteiger partial charge in [-0.2, -0.15) is 0 Å². The average Bonchev–Trinajstić information content (AvgIpc) is 3.72. The number of fused-ring (bicyclic) bond motifs is 11. The summed E-state index contributed by atoms with van der Waals surface area (Å²) >= 11 is 1.93. The van der Waals surface area contributed by atoms with Crippen LogP contribution in [0.5, 0.6) is 0 Å². The maximum absolute atomic E-state index is 2.50. The fraction of sp³-hybridized carbons (Fsp3) is 0.0545. The first-order chi connectivity index (χ1) is 27.5. The van der Waals surface area contributed by atoms with Crippen LogP contribution < -0.4 is 0 Å². The molecule has 0 aliphatic heterocycles. The predicted octanol–water partition coefficient (Wildman–Crippen LogP) is 16.0. The molecule has 0 radical (unpaired) electrons. The van der Waals surface area contributed by atoms with Gasteiger partial charge >= 0.3 is 0 Å². The minimum absolute atomic E-state index is 0.0556. The smallest absolute Gasteiger partial charge is 0.0361 e. The Hall–Kier alpha value is -6.54. The first-order valence-electron chi connectivity index (χ1n) is 19.6. The van der Waals surface area contributed by atoms with Gasteiger partial charge in [-0.05, 0) is 129 Å². The summed E-state index contributed by atoms with van der Waals surface area (Å²) in [6, 6.07) is 68.2. The Bertz CT molecular complexity index is 3380. The lowest BCUT2D eigenvalue weighted by atomic mass is 9.82. The van der Waals surface area contributed by atoms with Gasteiger partial charge in [0.15, 0.2) is 0 Å². The summed E-state index contributed by atoms with van der Waals surface area (Å²) in [5, 5.41) is 13.0. The zero-order valence-electron chi connectivity index (χ0n) is 31.2. The second-order valence-electron chi connectivity index (χ2n) is 16.0. The van der Waals surface area contributed by atoms with Crippen LogP contribution in [0.15, 0.2) is 182 Å². The normalized spacial score (nSPS) is 13.3. The number of hydrogen-bond donors (Lipinski definition) is 0. The maximum atomic E-state index is 2.50. The standard InChI is InChI=1S/C55H36S/c1-55(2)48-27-25-34-14-6-7-15-40(34)54(48)47-31-46-41-26-24-39(30-50(41)56-51(46)32-49(47)55)53-44-18-10-8-16-42(44)52(43-17-9-11-19-45(43)53)38-23-22-36-28-35(20-21-37(36)29-38)33-12-4-3-5-13-33/h3-32H,1-2H3. The van der Waals surface area contributed by atoms with E-state index in [1.54, 1.807) is 0 Å². The van der Waals surface area contributed by atoms with Gasteiger partial charge in [0.1, 0.15) is 0 Å². The van der Waals surface area contributed by atoms with Crippen LogP contribution in [0.4, 0.5) is 0 Å². The number of rotatable bonds is 3. The van der Waals surface area contributed by atoms with Crippen LogP contribution >= 0.6 is 11.3 Å². The van der Waals surface area contributed by atoms with Gasteiger partial charge in [-0.25, -0.2) is 0 Å². The van der Waals surface area contributed by atoms with Gasteiger partial charge in [0.2, 0.25) is 0 Å². The molecule has 56 heavy (non-hydrogen) atoms. The summed E-state index contributed by atoms with van der Waals surface area (Å²) < 4.78 is 2.69. The first kappa shape index (κ1) is 31.8. The molecule has 262 valence electrons. The van der Waals surface area contributed by atoms with E-state index in [0.29, 0.717) is 0 Å². The Labute approximate surface area is 329 Å². The molecule has 0 spiro atoms. The molecule has 12 rings (SSSR count). The molecule has 1 aromatic heterocycles. The SMILES string of the molecule is CC1(C)c2cc3sc4cc(-c5c6ccccc6c(-c6ccc7cc(-c8ccccc8)ccc7c6)c6ccccc56)ccc4c3cc2-c2c1ccc1ccccc21. The molecule has 0 amide bonds. The minimum atomic E-state index is -0.0556. The van der Waals surface area contributed by atoms with E-state index in [1.807, 2.05) is 11.3 Å². The molecule has 1 heteroatoms. The lowest BCUT2D eigenvalue weighted by Gasteiger charge is -2.21. The highest BCUT2D eigenvalue weighted by Crippen LogP contribution is 2.54. The minimum Gasteiger partial charge on any atom is -0.135 e. The van der Waals surface area contributed by atoms with Crippen molar-refractivity contribution in [2.75, 3.05) is 0 Å². The van der Waals surface area contributed by atoms with Gasteiger partial charge in [0.25, 0.3) is 0 Å². The Morgan fingerprint density at radius 3 is 1.55 bits per heavy atom. The van der Waals surface area contributed by atoms with E-state index in [1.165, 1.54) is 119 Å². The van der Waals surface area contributed by atoms with Crippen molar-refractivity contribution >= 4 is 74.6 Å². The van der Waals surface area contributed by atoms with Crippen LogP contribution in [0.25, 0.3) is 108 Å². The van der Waals surface area contributed by atoms with E-state index in [-0.39, 0.29) is 5.41 Å². The van der Waals surface area contributed by atoms with Gasteiger partial charge < -0.3 is 0 Å². The molecule has 0 nitrogen and oxygen atoms in total. The fourth-order valence-electron chi connectivity index (χ4n) is 9.89. The summed E-state index contributed by atoms with van der Waals surface area (Å²) in [5.74, 6) is 0. The monoisotopic (exact) mass is 728 g/mol. The maximum Gasteiger partial charge on any atom is 0.0361 e. The quantitative estimate of drug-likeness (QED) is 0.159. The summed E-state index contributed by atoms with van der Waals surface area (Å²) in [4.78, 5) is 0. The van der Waals surface area contributed by atoms with Gasteiger partial charge in [-0.1, -0.05) is 166 Å². The third kappa shape index (κ3) is 4.53. The fourth-order valence-corrected chi connectivity index (χ4v) is 11.1. The van der Waals surface area contributed by atoms with Gasteiger partial charge in [-0.3, -0.25) is 0 Å². The molecule has 1 aliphatic rings. The van der Waals surface area contributed by atoms with Crippen molar-refractivity contribution in [3.8, 4) is 44.5 Å². The van der Waals surface area contributed by atoms with Crippen LogP contribution in [-0.4, -0.2) is 0 Å². The van der Waals surface area contributed by atoms with Crippen LogP contribution in [0.2, 0.25) is 0 Å². The van der Waals surface area contributed by atoms with Crippen molar-refractivity contribution in [1.82, 2.24) is 0 Å². The lowest BCUT2D eigenvalue weighted by Crippen LogP contribution is -2.14. The van der Waals surface area contributed by atoms with Gasteiger partial charge in [0.05, 0.1) is 0 Å². The van der Waals surface area contributed by atoms with Crippen LogP contribution in [0.1, 0.15) is 25.0 Å². The molecule has 0 saturated heterocycles. The third-order valence-corrected chi connectivity index (χ3v) is 13.7. The summed E-state index contributed by atoms with van der Waals surface area (Å²) in [5.41, 5.74) is 13.2. The number of thiophene rings is 1. The second-order valence-corrected chi connectivity index (χ2v) is 17.1. The average molecular weight is 729 g/mol.